The highest BCUT2D eigenvalue weighted by atomic mass is 35.5. The van der Waals surface area contributed by atoms with Crippen LogP contribution in [-0.4, -0.2) is 58.3 Å². The van der Waals surface area contributed by atoms with Gasteiger partial charge < -0.3 is 19.7 Å². The molecule has 1 unspecified atom stereocenters. The summed E-state index contributed by atoms with van der Waals surface area (Å²) in [7, 11) is 0. The first-order valence-electron chi connectivity index (χ1n) is 10.8. The van der Waals surface area contributed by atoms with Gasteiger partial charge >= 0.3 is 5.97 Å². The summed E-state index contributed by atoms with van der Waals surface area (Å²) in [4.78, 5) is 17.4. The third-order valence-corrected chi connectivity index (χ3v) is 6.74. The Balaban J connectivity index is 1.42. The standard InChI is InChI=1S/C25H22Cl2N2O5/c26-22-9-14(10-23(27)28-22)20-12-33-13-21(24(30)31)29(20)25(32)34-11-19-17-7-3-1-5-15(17)16-6-2-4-8-18(16)19/h1-10,19-21,25,32H,11-13H2,(H,30,31)/t20-,21-,25?/m0/s1. The maximum atomic E-state index is 12.0. The molecule has 1 fully saturated rings. The molecule has 1 aromatic heterocycles. The van der Waals surface area contributed by atoms with E-state index < -0.39 is 24.5 Å². The van der Waals surface area contributed by atoms with Crippen molar-refractivity contribution >= 4 is 29.2 Å². The van der Waals surface area contributed by atoms with Crippen LogP contribution in [0.5, 0.6) is 0 Å². The summed E-state index contributed by atoms with van der Waals surface area (Å²) < 4.78 is 11.5. The molecular weight excluding hydrogens is 479 g/mol. The van der Waals surface area contributed by atoms with Crippen LogP contribution in [0.3, 0.4) is 0 Å². The van der Waals surface area contributed by atoms with Gasteiger partial charge in [0.15, 0.2) is 0 Å². The van der Waals surface area contributed by atoms with Crippen molar-refractivity contribution in [3.05, 3.63) is 87.7 Å². The van der Waals surface area contributed by atoms with E-state index in [2.05, 4.69) is 17.1 Å². The fraction of sp³-hybridized carbons (Fsp3) is 0.280. The molecule has 2 aliphatic rings. The highest BCUT2D eigenvalue weighted by molar-refractivity contribution is 6.32. The Kier molecular flexibility index (Phi) is 6.57. The zero-order chi connectivity index (χ0) is 23.8. The first-order chi connectivity index (χ1) is 16.4. The molecule has 1 saturated heterocycles. The van der Waals surface area contributed by atoms with Crippen molar-refractivity contribution in [1.29, 1.82) is 0 Å². The number of aromatic nitrogens is 1. The van der Waals surface area contributed by atoms with Crippen molar-refractivity contribution in [2.24, 2.45) is 0 Å². The normalized spacial score (nSPS) is 21.1. The molecular formula is C25H22Cl2N2O5. The molecule has 3 atom stereocenters. The van der Waals surface area contributed by atoms with E-state index in [1.54, 1.807) is 12.1 Å². The lowest BCUT2D eigenvalue weighted by molar-refractivity contribution is -0.247. The third-order valence-electron chi connectivity index (χ3n) is 6.36. The van der Waals surface area contributed by atoms with Crippen LogP contribution in [0.1, 0.15) is 28.7 Å². The molecule has 5 rings (SSSR count). The Morgan fingerprint density at radius 3 is 2.24 bits per heavy atom. The molecule has 176 valence electrons. The van der Waals surface area contributed by atoms with E-state index in [9.17, 15) is 15.0 Å². The number of nitrogens with zero attached hydrogens (tertiary/aromatic N) is 2. The van der Waals surface area contributed by atoms with Gasteiger partial charge in [-0.3, -0.25) is 4.79 Å². The number of rotatable bonds is 6. The third kappa shape index (κ3) is 4.31. The smallest absolute Gasteiger partial charge is 0.323 e. The molecule has 0 amide bonds. The first-order valence-corrected chi connectivity index (χ1v) is 11.6. The maximum absolute atomic E-state index is 12.0. The van der Waals surface area contributed by atoms with E-state index >= 15 is 0 Å². The zero-order valence-electron chi connectivity index (χ0n) is 18.0. The molecule has 1 aliphatic heterocycles. The first kappa shape index (κ1) is 23.2. The molecule has 0 bridgehead atoms. The second-order valence-electron chi connectivity index (χ2n) is 8.29. The number of hydrogen-bond acceptors (Lipinski definition) is 6. The number of ether oxygens (including phenoxy) is 2. The van der Waals surface area contributed by atoms with Crippen molar-refractivity contribution in [3.8, 4) is 11.1 Å². The molecule has 3 aromatic rings. The van der Waals surface area contributed by atoms with Crippen LogP contribution in [0.15, 0.2) is 60.7 Å². The predicted molar refractivity (Wildman–Crippen MR) is 127 cm³/mol. The average molecular weight is 501 g/mol. The van der Waals surface area contributed by atoms with Gasteiger partial charge in [0.2, 0.25) is 6.41 Å². The minimum atomic E-state index is -1.50. The van der Waals surface area contributed by atoms with Gasteiger partial charge in [-0.25, -0.2) is 9.88 Å². The van der Waals surface area contributed by atoms with Gasteiger partial charge in [0, 0.05) is 5.92 Å². The minimum Gasteiger partial charge on any atom is -0.480 e. The number of aliphatic carboxylic acids is 1. The number of hydrogen-bond donors (Lipinski definition) is 2. The van der Waals surface area contributed by atoms with E-state index in [0.29, 0.717) is 5.56 Å². The number of morpholine rings is 1. The molecule has 7 nitrogen and oxygen atoms in total. The van der Waals surface area contributed by atoms with Crippen LogP contribution in [0, 0.1) is 0 Å². The Bertz CT molecular complexity index is 1160. The lowest BCUT2D eigenvalue weighted by atomic mass is 9.98. The number of aliphatic hydroxyl groups is 1. The van der Waals surface area contributed by atoms with Crippen LogP contribution in [-0.2, 0) is 14.3 Å². The zero-order valence-corrected chi connectivity index (χ0v) is 19.5. The maximum Gasteiger partial charge on any atom is 0.323 e. The number of pyridine rings is 1. The molecule has 0 saturated carbocycles. The highest BCUT2D eigenvalue weighted by Crippen LogP contribution is 2.45. The second-order valence-corrected chi connectivity index (χ2v) is 9.06. The lowest BCUT2D eigenvalue weighted by Gasteiger charge is -2.42. The lowest BCUT2D eigenvalue weighted by Crippen LogP contribution is -2.56. The minimum absolute atomic E-state index is 0.0883. The van der Waals surface area contributed by atoms with Gasteiger partial charge in [0.1, 0.15) is 16.3 Å². The largest absolute Gasteiger partial charge is 0.480 e. The van der Waals surface area contributed by atoms with Crippen LogP contribution in [0.25, 0.3) is 11.1 Å². The van der Waals surface area contributed by atoms with Crippen molar-refractivity contribution < 1.29 is 24.5 Å². The number of carboxylic acid groups (broad SMARTS) is 1. The monoisotopic (exact) mass is 500 g/mol. The molecule has 0 radical (unpaired) electrons. The summed E-state index contributed by atoms with van der Waals surface area (Å²) >= 11 is 12.1. The summed E-state index contributed by atoms with van der Waals surface area (Å²) in [6, 6.07) is 17.6. The molecule has 2 heterocycles. The number of halogens is 2. The van der Waals surface area contributed by atoms with Gasteiger partial charge in [-0.2, -0.15) is 0 Å². The summed E-state index contributed by atoms with van der Waals surface area (Å²) in [5.41, 5.74) is 5.06. The SMILES string of the molecule is O=C(O)[C@@H]1COC[C@@H](c2cc(Cl)nc(Cl)c2)N1C(O)OCC1c2ccccc2-c2ccccc21. The van der Waals surface area contributed by atoms with E-state index in [1.807, 2.05) is 36.4 Å². The number of aliphatic hydroxyl groups excluding tert-OH is 1. The summed E-state index contributed by atoms with van der Waals surface area (Å²) in [6.45, 7) is 0.216. The van der Waals surface area contributed by atoms with Crippen LogP contribution >= 0.6 is 23.2 Å². The fourth-order valence-electron chi connectivity index (χ4n) is 4.84. The van der Waals surface area contributed by atoms with Crippen molar-refractivity contribution in [2.45, 2.75) is 24.4 Å². The van der Waals surface area contributed by atoms with Crippen LogP contribution in [0.2, 0.25) is 10.3 Å². The van der Waals surface area contributed by atoms with Crippen molar-refractivity contribution in [3.63, 3.8) is 0 Å². The molecule has 9 heteroatoms. The van der Waals surface area contributed by atoms with Gasteiger partial charge in [0.25, 0.3) is 0 Å². The Labute approximate surface area is 206 Å². The van der Waals surface area contributed by atoms with Gasteiger partial charge in [-0.15, -0.1) is 0 Å². The van der Waals surface area contributed by atoms with Gasteiger partial charge in [-0.05, 0) is 39.9 Å². The number of carbonyl (C=O) groups is 1. The van der Waals surface area contributed by atoms with Crippen molar-refractivity contribution in [2.75, 3.05) is 19.8 Å². The highest BCUT2D eigenvalue weighted by Gasteiger charge is 2.42. The Hall–Kier alpha value is -2.52. The van der Waals surface area contributed by atoms with Crippen LogP contribution in [0.4, 0.5) is 0 Å². The summed E-state index contributed by atoms with van der Waals surface area (Å²) in [5.74, 6) is -1.22. The average Bonchev–Trinajstić information content (AvgIpc) is 3.15. The van der Waals surface area contributed by atoms with Crippen molar-refractivity contribution in [1.82, 2.24) is 9.88 Å². The topological polar surface area (TPSA) is 92.1 Å². The molecule has 2 aromatic carbocycles. The molecule has 2 N–H and O–H groups in total. The predicted octanol–water partition coefficient (Wildman–Crippen LogP) is 4.32. The quantitative estimate of drug-likeness (QED) is 0.384. The molecule has 1 aliphatic carbocycles. The second kappa shape index (κ2) is 9.62. The number of fused-ring (bicyclic) bond motifs is 3. The summed E-state index contributed by atoms with van der Waals surface area (Å²) in [6.07, 6.45) is -1.50. The molecule has 0 spiro atoms. The fourth-order valence-corrected chi connectivity index (χ4v) is 5.32. The summed E-state index contributed by atoms with van der Waals surface area (Å²) in [5, 5.41) is 21.3. The van der Waals surface area contributed by atoms with E-state index in [1.165, 1.54) is 4.90 Å². The van der Waals surface area contributed by atoms with Crippen LogP contribution < -0.4 is 0 Å². The van der Waals surface area contributed by atoms with E-state index in [-0.39, 0.29) is 36.0 Å². The molecule has 34 heavy (non-hydrogen) atoms. The van der Waals surface area contributed by atoms with E-state index in [4.69, 9.17) is 32.7 Å². The van der Waals surface area contributed by atoms with Gasteiger partial charge in [0.05, 0.1) is 25.9 Å². The Morgan fingerprint density at radius 2 is 1.65 bits per heavy atom. The van der Waals surface area contributed by atoms with E-state index in [0.717, 1.165) is 22.3 Å². The van der Waals surface area contributed by atoms with Gasteiger partial charge in [-0.1, -0.05) is 71.7 Å². The Morgan fingerprint density at radius 1 is 1.06 bits per heavy atom. The number of carboxylic acids is 1. The number of benzene rings is 2.